The molecule has 0 aromatic heterocycles. The van der Waals surface area contributed by atoms with Crippen LogP contribution in [0, 0.1) is 5.92 Å². The van der Waals surface area contributed by atoms with E-state index in [4.69, 9.17) is 0 Å². The summed E-state index contributed by atoms with van der Waals surface area (Å²) in [5.41, 5.74) is 0. The molecule has 1 aliphatic carbocycles. The first-order valence-corrected chi connectivity index (χ1v) is 7.80. The molecule has 1 saturated carbocycles. The summed E-state index contributed by atoms with van der Waals surface area (Å²) in [6.45, 7) is 3.29. The van der Waals surface area contributed by atoms with E-state index in [2.05, 4.69) is 0 Å². The Morgan fingerprint density at radius 3 is 2.10 bits per heavy atom. The number of amides is 2. The minimum Gasteiger partial charge on any atom is -0.389 e. The van der Waals surface area contributed by atoms with Gasteiger partial charge >= 0.3 is 0 Å². The molecule has 2 rings (SSSR count). The lowest BCUT2D eigenvalue weighted by Gasteiger charge is -2.26. The van der Waals surface area contributed by atoms with Gasteiger partial charge in [0.15, 0.2) is 0 Å². The van der Waals surface area contributed by atoms with E-state index in [1.807, 2.05) is 0 Å². The number of hydrogen-bond donors (Lipinski definition) is 1. The molecule has 0 bridgehead atoms. The number of rotatable bonds is 1. The van der Waals surface area contributed by atoms with Crippen LogP contribution >= 0.6 is 0 Å². The van der Waals surface area contributed by atoms with Gasteiger partial charge in [0.2, 0.25) is 11.8 Å². The zero-order valence-electron chi connectivity index (χ0n) is 12.4. The summed E-state index contributed by atoms with van der Waals surface area (Å²) < 4.78 is 0. The van der Waals surface area contributed by atoms with E-state index in [1.54, 1.807) is 9.80 Å². The maximum Gasteiger partial charge on any atom is 0.225 e. The average Bonchev–Trinajstić information content (AvgIpc) is 2.78. The molecule has 20 heavy (non-hydrogen) atoms. The molecule has 5 heteroatoms. The fraction of sp³-hybridized carbons (Fsp3) is 0.867. The van der Waals surface area contributed by atoms with Crippen LogP contribution in [0.1, 0.15) is 45.4 Å². The Bertz CT molecular complexity index is 351. The van der Waals surface area contributed by atoms with Crippen molar-refractivity contribution in [1.82, 2.24) is 9.80 Å². The van der Waals surface area contributed by atoms with Crippen LogP contribution in [0.15, 0.2) is 0 Å². The largest absolute Gasteiger partial charge is 0.389 e. The number of aliphatic hydroxyl groups is 1. The van der Waals surface area contributed by atoms with Gasteiger partial charge in [-0.05, 0) is 12.8 Å². The van der Waals surface area contributed by atoms with Crippen LogP contribution in [0.4, 0.5) is 0 Å². The van der Waals surface area contributed by atoms with Crippen molar-refractivity contribution in [2.24, 2.45) is 5.92 Å². The van der Waals surface area contributed by atoms with E-state index in [-0.39, 0.29) is 17.7 Å². The molecule has 2 amide bonds. The Morgan fingerprint density at radius 2 is 1.50 bits per heavy atom. The standard InChI is InChI=1S/C15H26N2O3/c1-12(18)16-8-9-17(11-14(19)10-16)15(20)13-6-4-2-3-5-7-13/h13-14,19H,2-11H2,1H3/t14-/m1/s1. The first kappa shape index (κ1) is 15.3. The topological polar surface area (TPSA) is 60.9 Å². The normalized spacial score (nSPS) is 26.0. The summed E-state index contributed by atoms with van der Waals surface area (Å²) in [7, 11) is 0. The Balaban J connectivity index is 1.96. The number of nitrogens with zero attached hydrogens (tertiary/aromatic N) is 2. The third-order valence-electron chi connectivity index (χ3n) is 4.46. The van der Waals surface area contributed by atoms with Gasteiger partial charge in [0.1, 0.15) is 0 Å². The van der Waals surface area contributed by atoms with Gasteiger partial charge < -0.3 is 14.9 Å². The van der Waals surface area contributed by atoms with Crippen LogP contribution in [0.5, 0.6) is 0 Å². The van der Waals surface area contributed by atoms with E-state index >= 15 is 0 Å². The first-order valence-electron chi connectivity index (χ1n) is 7.80. The second-order valence-corrected chi connectivity index (χ2v) is 6.09. The predicted molar refractivity (Wildman–Crippen MR) is 76.0 cm³/mol. The molecule has 0 radical (unpaired) electrons. The molecule has 2 fully saturated rings. The van der Waals surface area contributed by atoms with E-state index in [0.29, 0.717) is 26.2 Å². The van der Waals surface area contributed by atoms with Gasteiger partial charge in [0.05, 0.1) is 6.10 Å². The van der Waals surface area contributed by atoms with Gasteiger partial charge in [0, 0.05) is 39.0 Å². The van der Waals surface area contributed by atoms with Crippen LogP contribution in [0.3, 0.4) is 0 Å². The van der Waals surface area contributed by atoms with Gasteiger partial charge in [-0.25, -0.2) is 0 Å². The highest BCUT2D eigenvalue weighted by atomic mass is 16.3. The summed E-state index contributed by atoms with van der Waals surface area (Å²) in [6, 6.07) is 0. The zero-order chi connectivity index (χ0) is 14.5. The fourth-order valence-electron chi connectivity index (χ4n) is 3.26. The van der Waals surface area contributed by atoms with Crippen molar-refractivity contribution in [2.45, 2.75) is 51.6 Å². The monoisotopic (exact) mass is 282 g/mol. The minimum absolute atomic E-state index is 0.0344. The lowest BCUT2D eigenvalue weighted by Crippen LogP contribution is -2.41. The van der Waals surface area contributed by atoms with E-state index < -0.39 is 6.10 Å². The maximum absolute atomic E-state index is 12.6. The van der Waals surface area contributed by atoms with Crippen molar-refractivity contribution in [1.29, 1.82) is 0 Å². The molecule has 114 valence electrons. The Labute approximate surface area is 120 Å². The van der Waals surface area contributed by atoms with Crippen molar-refractivity contribution in [3.05, 3.63) is 0 Å². The van der Waals surface area contributed by atoms with Gasteiger partial charge in [0.25, 0.3) is 0 Å². The summed E-state index contributed by atoms with van der Waals surface area (Å²) in [5.74, 6) is 0.262. The highest BCUT2D eigenvalue weighted by molar-refractivity contribution is 5.79. The third kappa shape index (κ3) is 3.95. The summed E-state index contributed by atoms with van der Waals surface area (Å²) >= 11 is 0. The van der Waals surface area contributed by atoms with Crippen LogP contribution in [-0.2, 0) is 9.59 Å². The molecular formula is C15H26N2O3. The van der Waals surface area contributed by atoms with E-state index in [1.165, 1.54) is 19.8 Å². The zero-order valence-corrected chi connectivity index (χ0v) is 12.4. The molecule has 0 aromatic rings. The van der Waals surface area contributed by atoms with Gasteiger partial charge in [-0.1, -0.05) is 25.7 Å². The number of β-amino-alcohol motifs (C(OH)–C–C–N with tert-alkyl or cyclic N) is 1. The lowest BCUT2D eigenvalue weighted by molar-refractivity contribution is -0.137. The van der Waals surface area contributed by atoms with Crippen molar-refractivity contribution in [3.8, 4) is 0 Å². The molecule has 5 nitrogen and oxygen atoms in total. The van der Waals surface area contributed by atoms with E-state index in [9.17, 15) is 14.7 Å². The van der Waals surface area contributed by atoms with Crippen LogP contribution in [0.25, 0.3) is 0 Å². The lowest BCUT2D eigenvalue weighted by atomic mass is 9.98. The van der Waals surface area contributed by atoms with Crippen molar-refractivity contribution in [2.75, 3.05) is 26.2 Å². The van der Waals surface area contributed by atoms with Gasteiger partial charge in [-0.3, -0.25) is 9.59 Å². The van der Waals surface area contributed by atoms with Crippen molar-refractivity contribution >= 4 is 11.8 Å². The molecule has 0 aromatic carbocycles. The molecule has 1 aliphatic heterocycles. The highest BCUT2D eigenvalue weighted by Gasteiger charge is 2.29. The Morgan fingerprint density at radius 1 is 0.950 bits per heavy atom. The predicted octanol–water partition coefficient (Wildman–Crippen LogP) is 1.01. The van der Waals surface area contributed by atoms with Crippen LogP contribution in [-0.4, -0.2) is 59.0 Å². The second-order valence-electron chi connectivity index (χ2n) is 6.09. The molecule has 0 unspecified atom stereocenters. The van der Waals surface area contributed by atoms with Crippen molar-refractivity contribution in [3.63, 3.8) is 0 Å². The molecule has 1 atom stereocenters. The van der Waals surface area contributed by atoms with Crippen LogP contribution < -0.4 is 0 Å². The number of carbonyl (C=O) groups excluding carboxylic acids is 2. The average molecular weight is 282 g/mol. The summed E-state index contributed by atoms with van der Waals surface area (Å²) in [5, 5.41) is 9.99. The highest BCUT2D eigenvalue weighted by Crippen LogP contribution is 2.25. The summed E-state index contributed by atoms with van der Waals surface area (Å²) in [4.78, 5) is 27.4. The first-order chi connectivity index (χ1) is 9.58. The Kier molecular flexibility index (Phi) is 5.40. The quantitative estimate of drug-likeness (QED) is 0.730. The third-order valence-corrected chi connectivity index (χ3v) is 4.46. The maximum atomic E-state index is 12.6. The molecule has 0 spiro atoms. The fourth-order valence-corrected chi connectivity index (χ4v) is 3.26. The molecule has 1 N–H and O–H groups in total. The Hall–Kier alpha value is -1.10. The molecule has 1 saturated heterocycles. The smallest absolute Gasteiger partial charge is 0.225 e. The number of carbonyl (C=O) groups is 2. The second kappa shape index (κ2) is 7.07. The number of aliphatic hydroxyl groups excluding tert-OH is 1. The van der Waals surface area contributed by atoms with Crippen LogP contribution in [0.2, 0.25) is 0 Å². The molecule has 2 aliphatic rings. The molecule has 1 heterocycles. The van der Waals surface area contributed by atoms with E-state index in [0.717, 1.165) is 25.7 Å². The van der Waals surface area contributed by atoms with Crippen molar-refractivity contribution < 1.29 is 14.7 Å². The minimum atomic E-state index is -0.629. The summed E-state index contributed by atoms with van der Waals surface area (Å²) in [6.07, 6.45) is 6.04. The van der Waals surface area contributed by atoms with Gasteiger partial charge in [-0.2, -0.15) is 0 Å². The SMILES string of the molecule is CC(=O)N1CCN(C(=O)C2CCCCCC2)C[C@H](O)C1. The van der Waals surface area contributed by atoms with Gasteiger partial charge in [-0.15, -0.1) is 0 Å². The number of hydrogen-bond acceptors (Lipinski definition) is 3. The molecular weight excluding hydrogens is 256 g/mol.